The van der Waals surface area contributed by atoms with Crippen LogP contribution in [0.5, 0.6) is 5.75 Å². The summed E-state index contributed by atoms with van der Waals surface area (Å²) in [5.41, 5.74) is 1.13. The van der Waals surface area contributed by atoms with Crippen LogP contribution >= 0.6 is 0 Å². The molecule has 2 rings (SSSR count). The highest BCUT2D eigenvalue weighted by Crippen LogP contribution is 2.20. The maximum atomic E-state index is 5.04. The Kier molecular flexibility index (Phi) is 1.86. The first-order valence-corrected chi connectivity index (χ1v) is 3.77. The quantitative estimate of drug-likeness (QED) is 0.574. The van der Waals surface area contributed by atoms with E-state index in [0.717, 1.165) is 17.7 Å². The van der Waals surface area contributed by atoms with Crippen molar-refractivity contribution in [1.82, 2.24) is 0 Å². The van der Waals surface area contributed by atoms with Crippen LogP contribution < -0.4 is 4.84 Å². The van der Waals surface area contributed by atoms with Gasteiger partial charge in [0.1, 0.15) is 0 Å². The van der Waals surface area contributed by atoms with E-state index in [2.05, 4.69) is 10.4 Å². The van der Waals surface area contributed by atoms with E-state index >= 15 is 0 Å². The van der Waals surface area contributed by atoms with Gasteiger partial charge in [0.05, 0.1) is 0 Å². The minimum atomic E-state index is 0.783. The molecule has 0 saturated heterocycles. The Morgan fingerprint density at radius 1 is 1.25 bits per heavy atom. The van der Waals surface area contributed by atoms with Crippen molar-refractivity contribution in [1.29, 1.82) is 0 Å². The number of benzene rings is 1. The van der Waals surface area contributed by atoms with Gasteiger partial charge in [0.2, 0.25) is 0 Å². The van der Waals surface area contributed by atoms with E-state index in [4.69, 9.17) is 4.84 Å². The predicted molar refractivity (Wildman–Crippen MR) is 44.8 cm³/mol. The lowest BCUT2D eigenvalue weighted by molar-refractivity contribution is 0.308. The molecule has 0 aliphatic carbocycles. The summed E-state index contributed by atoms with van der Waals surface area (Å²) in [6, 6.07) is 7.79. The lowest BCUT2D eigenvalue weighted by Gasteiger charge is -2.04. The van der Waals surface area contributed by atoms with Crippen molar-refractivity contribution in [3.8, 4) is 5.75 Å². The third-order valence-corrected chi connectivity index (χ3v) is 1.67. The second-order valence-corrected chi connectivity index (χ2v) is 2.49. The molecule has 0 fully saturated rings. The average Bonchev–Trinajstić information content (AvgIpc) is 2.06. The fourth-order valence-electron chi connectivity index (χ4n) is 1.08. The van der Waals surface area contributed by atoms with Crippen LogP contribution in [0.4, 0.5) is 0 Å². The van der Waals surface area contributed by atoms with E-state index in [1.54, 1.807) is 6.20 Å². The van der Waals surface area contributed by atoms with Crippen LogP contribution in [-0.2, 0) is 6.42 Å². The maximum Gasteiger partial charge on any atom is 0.163 e. The van der Waals surface area contributed by atoms with E-state index < -0.39 is 0 Å². The second-order valence-electron chi connectivity index (χ2n) is 2.49. The molecule has 0 atom stereocenters. The highest BCUT2D eigenvalue weighted by Gasteiger charge is 2.01. The molecule has 12 heavy (non-hydrogen) atoms. The third-order valence-electron chi connectivity index (χ3n) is 1.67. The van der Waals surface area contributed by atoms with Gasteiger partial charge in [-0.3, -0.25) is 0 Å². The van der Waals surface area contributed by atoms with Gasteiger partial charge in [-0.15, -0.1) is 5.11 Å². The highest BCUT2D eigenvalue weighted by atomic mass is 16.6. The summed E-state index contributed by atoms with van der Waals surface area (Å²) in [5.74, 6) is 0.783. The van der Waals surface area contributed by atoms with Gasteiger partial charge in [0, 0.05) is 17.0 Å². The summed E-state index contributed by atoms with van der Waals surface area (Å²) < 4.78 is 0. The van der Waals surface area contributed by atoms with Crippen molar-refractivity contribution in [2.75, 3.05) is 0 Å². The van der Waals surface area contributed by atoms with Crippen LogP contribution in [0.2, 0.25) is 0 Å². The van der Waals surface area contributed by atoms with Gasteiger partial charge in [-0.2, -0.15) is 0 Å². The van der Waals surface area contributed by atoms with Gasteiger partial charge < -0.3 is 4.84 Å². The molecule has 0 saturated carbocycles. The number of rotatable bonds is 0. The van der Waals surface area contributed by atoms with Gasteiger partial charge in [0.25, 0.3) is 0 Å². The molecule has 0 radical (unpaired) electrons. The van der Waals surface area contributed by atoms with Crippen molar-refractivity contribution >= 4 is 0 Å². The summed E-state index contributed by atoms with van der Waals surface area (Å²) in [6.45, 7) is 0. The SMILES string of the molecule is C1=C\N=N/Oc2ccccc2C/1. The fraction of sp³-hybridized carbons (Fsp3) is 0.111. The Bertz CT molecular complexity index is 298. The van der Waals surface area contributed by atoms with Crippen LogP contribution in [0.25, 0.3) is 0 Å². The van der Waals surface area contributed by atoms with Crippen molar-refractivity contribution in [2.24, 2.45) is 10.4 Å². The first-order valence-electron chi connectivity index (χ1n) is 3.77. The van der Waals surface area contributed by atoms with E-state index in [-0.39, 0.29) is 0 Å². The first-order chi connectivity index (χ1) is 5.97. The van der Waals surface area contributed by atoms with Crippen LogP contribution in [0, 0.1) is 0 Å². The zero-order chi connectivity index (χ0) is 8.23. The maximum absolute atomic E-state index is 5.04. The number of allylic oxidation sites excluding steroid dienone is 1. The molecule has 0 bridgehead atoms. The molecule has 0 spiro atoms. The van der Waals surface area contributed by atoms with E-state index in [1.165, 1.54) is 0 Å². The molecule has 1 aliphatic heterocycles. The molecule has 0 unspecified atom stereocenters. The molecule has 1 aromatic carbocycles. The lowest BCUT2D eigenvalue weighted by Crippen LogP contribution is -1.90. The van der Waals surface area contributed by atoms with E-state index in [1.807, 2.05) is 30.3 Å². The molecule has 0 aromatic heterocycles. The Morgan fingerprint density at radius 3 is 3.17 bits per heavy atom. The average molecular weight is 160 g/mol. The number of hydrogen-bond donors (Lipinski definition) is 0. The smallest absolute Gasteiger partial charge is 0.163 e. The van der Waals surface area contributed by atoms with Crippen molar-refractivity contribution in [2.45, 2.75) is 6.42 Å². The summed E-state index contributed by atoms with van der Waals surface area (Å²) >= 11 is 0. The van der Waals surface area contributed by atoms with Crippen molar-refractivity contribution in [3.63, 3.8) is 0 Å². The number of hydrogen-bond acceptors (Lipinski definition) is 3. The molecule has 0 N–H and O–H groups in total. The Morgan fingerprint density at radius 2 is 2.17 bits per heavy atom. The lowest BCUT2D eigenvalue weighted by atomic mass is 10.1. The molecular weight excluding hydrogens is 152 g/mol. The van der Waals surface area contributed by atoms with Crippen LogP contribution in [0.1, 0.15) is 5.56 Å². The zero-order valence-electron chi connectivity index (χ0n) is 6.47. The van der Waals surface area contributed by atoms with Gasteiger partial charge >= 0.3 is 0 Å². The molecule has 0 amide bonds. The molecule has 60 valence electrons. The number of nitrogens with zero attached hydrogens (tertiary/aromatic N) is 2. The molecular formula is C9H8N2O. The second kappa shape index (κ2) is 3.17. The predicted octanol–water partition coefficient (Wildman–Crippen LogP) is 2.50. The van der Waals surface area contributed by atoms with Gasteiger partial charge in [-0.1, -0.05) is 24.3 Å². The van der Waals surface area contributed by atoms with Gasteiger partial charge in [-0.25, -0.2) is 0 Å². The number of fused-ring (bicyclic) bond motifs is 1. The van der Waals surface area contributed by atoms with Crippen molar-refractivity contribution < 1.29 is 4.84 Å². The third kappa shape index (κ3) is 1.34. The standard InChI is InChI=1S/C9H8N2O/c1-2-6-9-8(4-1)5-3-7-10-11-12-9/h1-4,6-7H,5H2/b7-3-,11-10-. The first kappa shape index (κ1) is 7.03. The van der Waals surface area contributed by atoms with Gasteiger partial charge in [-0.05, 0) is 12.5 Å². The van der Waals surface area contributed by atoms with Crippen LogP contribution in [-0.4, -0.2) is 0 Å². The Labute approximate surface area is 70.3 Å². The Hall–Kier alpha value is -1.64. The largest absolute Gasteiger partial charge is 0.339 e. The van der Waals surface area contributed by atoms with Gasteiger partial charge in [0.15, 0.2) is 5.75 Å². The summed E-state index contributed by atoms with van der Waals surface area (Å²) in [5, 5.41) is 7.16. The molecule has 1 aromatic rings. The summed E-state index contributed by atoms with van der Waals surface area (Å²) in [7, 11) is 0. The minimum absolute atomic E-state index is 0.783. The topological polar surface area (TPSA) is 34.0 Å². The van der Waals surface area contributed by atoms with E-state index in [9.17, 15) is 0 Å². The number of para-hydroxylation sites is 1. The Balaban J connectivity index is 2.40. The fourth-order valence-corrected chi connectivity index (χ4v) is 1.08. The normalized spacial score (nSPS) is 19.7. The summed E-state index contributed by atoms with van der Waals surface area (Å²) in [6.07, 6.45) is 4.43. The molecule has 1 aliphatic rings. The zero-order valence-corrected chi connectivity index (χ0v) is 6.47. The molecule has 3 nitrogen and oxygen atoms in total. The molecule has 1 heterocycles. The van der Waals surface area contributed by atoms with Crippen molar-refractivity contribution in [3.05, 3.63) is 42.1 Å². The summed E-state index contributed by atoms with van der Waals surface area (Å²) in [4.78, 5) is 5.04. The van der Waals surface area contributed by atoms with Crippen LogP contribution in [0.3, 0.4) is 0 Å². The molecule has 3 heteroatoms. The van der Waals surface area contributed by atoms with E-state index in [0.29, 0.717) is 0 Å². The van der Waals surface area contributed by atoms with Crippen LogP contribution in [0.15, 0.2) is 46.9 Å². The monoisotopic (exact) mass is 160 g/mol. The minimum Gasteiger partial charge on any atom is -0.339 e. The highest BCUT2D eigenvalue weighted by molar-refractivity contribution is 5.34.